The lowest BCUT2D eigenvalue weighted by Crippen LogP contribution is -2.36. The number of hydrogen-bond donors (Lipinski definition) is 2. The van der Waals surface area contributed by atoms with E-state index in [0.717, 1.165) is 0 Å². The largest absolute Gasteiger partial charge is 0.508 e. The SMILES string of the molecule is CCOC(CNC(=O)Cc1ccccc1O)OCC. The summed E-state index contributed by atoms with van der Waals surface area (Å²) in [5.41, 5.74) is 0.601. The van der Waals surface area contributed by atoms with Crippen LogP contribution in [0.5, 0.6) is 5.75 Å². The Hall–Kier alpha value is -1.59. The first-order valence-corrected chi connectivity index (χ1v) is 6.44. The lowest BCUT2D eigenvalue weighted by atomic mass is 10.1. The first-order chi connectivity index (χ1) is 9.17. The Kier molecular flexibility index (Phi) is 6.92. The number of amides is 1. The van der Waals surface area contributed by atoms with Crippen molar-refractivity contribution in [1.29, 1.82) is 0 Å². The smallest absolute Gasteiger partial charge is 0.224 e. The van der Waals surface area contributed by atoms with Crippen LogP contribution in [-0.4, -0.2) is 37.1 Å². The summed E-state index contributed by atoms with van der Waals surface area (Å²) in [5, 5.41) is 12.3. The van der Waals surface area contributed by atoms with Crippen LogP contribution in [0.3, 0.4) is 0 Å². The predicted molar refractivity (Wildman–Crippen MR) is 71.9 cm³/mol. The number of benzene rings is 1. The van der Waals surface area contributed by atoms with Crippen molar-refractivity contribution in [3.8, 4) is 5.75 Å². The van der Waals surface area contributed by atoms with Gasteiger partial charge in [0, 0.05) is 18.8 Å². The zero-order valence-corrected chi connectivity index (χ0v) is 11.4. The maximum absolute atomic E-state index is 11.7. The summed E-state index contributed by atoms with van der Waals surface area (Å²) in [7, 11) is 0. The van der Waals surface area contributed by atoms with Crippen molar-refractivity contribution in [2.45, 2.75) is 26.6 Å². The zero-order chi connectivity index (χ0) is 14.1. The fourth-order valence-corrected chi connectivity index (χ4v) is 1.63. The second kappa shape index (κ2) is 8.50. The van der Waals surface area contributed by atoms with E-state index < -0.39 is 6.29 Å². The van der Waals surface area contributed by atoms with Crippen molar-refractivity contribution < 1.29 is 19.4 Å². The van der Waals surface area contributed by atoms with E-state index in [2.05, 4.69) is 5.32 Å². The third-order valence-electron chi connectivity index (χ3n) is 2.51. The average molecular weight is 267 g/mol. The van der Waals surface area contributed by atoms with Crippen molar-refractivity contribution in [2.75, 3.05) is 19.8 Å². The van der Waals surface area contributed by atoms with Gasteiger partial charge in [-0.3, -0.25) is 4.79 Å². The Balaban J connectivity index is 2.40. The first kappa shape index (κ1) is 15.5. The number of hydrogen-bond acceptors (Lipinski definition) is 4. The van der Waals surface area contributed by atoms with Gasteiger partial charge in [-0.05, 0) is 19.9 Å². The highest BCUT2D eigenvalue weighted by Gasteiger charge is 2.11. The van der Waals surface area contributed by atoms with Gasteiger partial charge in [-0.25, -0.2) is 0 Å². The number of phenolic OH excluding ortho intramolecular Hbond substituents is 1. The molecule has 19 heavy (non-hydrogen) atoms. The Bertz CT molecular complexity index is 389. The van der Waals surface area contributed by atoms with Crippen LogP contribution in [0.1, 0.15) is 19.4 Å². The second-order valence-corrected chi connectivity index (χ2v) is 3.95. The molecule has 0 aromatic heterocycles. The molecule has 1 rings (SSSR count). The number of carbonyl (C=O) groups excluding carboxylic acids is 1. The molecule has 0 aliphatic rings. The van der Waals surface area contributed by atoms with Crippen LogP contribution in [0, 0.1) is 0 Å². The van der Waals surface area contributed by atoms with E-state index in [4.69, 9.17) is 9.47 Å². The molecular weight excluding hydrogens is 246 g/mol. The van der Waals surface area contributed by atoms with Gasteiger partial charge in [-0.2, -0.15) is 0 Å². The van der Waals surface area contributed by atoms with E-state index >= 15 is 0 Å². The molecule has 0 saturated carbocycles. The normalized spacial score (nSPS) is 10.7. The summed E-state index contributed by atoms with van der Waals surface area (Å²) < 4.78 is 10.6. The van der Waals surface area contributed by atoms with Gasteiger partial charge in [0.15, 0.2) is 6.29 Å². The summed E-state index contributed by atoms with van der Waals surface area (Å²) in [5.74, 6) is -0.0466. The van der Waals surface area contributed by atoms with Gasteiger partial charge in [0.1, 0.15) is 5.75 Å². The fourth-order valence-electron chi connectivity index (χ4n) is 1.63. The molecular formula is C14H21NO4. The molecule has 0 heterocycles. The number of aromatic hydroxyl groups is 1. The highest BCUT2D eigenvalue weighted by Crippen LogP contribution is 2.15. The topological polar surface area (TPSA) is 67.8 Å². The molecule has 5 nitrogen and oxygen atoms in total. The van der Waals surface area contributed by atoms with Crippen molar-refractivity contribution in [2.24, 2.45) is 0 Å². The molecule has 5 heteroatoms. The third kappa shape index (κ3) is 5.72. The van der Waals surface area contributed by atoms with Crippen molar-refractivity contribution in [3.63, 3.8) is 0 Å². The number of rotatable bonds is 8. The van der Waals surface area contributed by atoms with Crippen molar-refractivity contribution in [1.82, 2.24) is 5.32 Å². The molecule has 106 valence electrons. The number of para-hydroxylation sites is 1. The highest BCUT2D eigenvalue weighted by atomic mass is 16.7. The van der Waals surface area contributed by atoms with Crippen LogP contribution in [0.25, 0.3) is 0 Å². The summed E-state index contributed by atoms with van der Waals surface area (Å²) in [4.78, 5) is 11.7. The lowest BCUT2D eigenvalue weighted by Gasteiger charge is -2.17. The van der Waals surface area contributed by atoms with Gasteiger partial charge >= 0.3 is 0 Å². The number of phenols is 1. The van der Waals surface area contributed by atoms with Crippen LogP contribution in [-0.2, 0) is 20.7 Å². The van der Waals surface area contributed by atoms with Crippen LogP contribution >= 0.6 is 0 Å². The van der Waals surface area contributed by atoms with Crippen LogP contribution < -0.4 is 5.32 Å². The molecule has 1 aromatic carbocycles. The summed E-state index contributed by atoms with van der Waals surface area (Å²) in [6, 6.07) is 6.78. The fraction of sp³-hybridized carbons (Fsp3) is 0.500. The van der Waals surface area contributed by atoms with Crippen molar-refractivity contribution >= 4 is 5.91 Å². The number of carbonyl (C=O) groups is 1. The van der Waals surface area contributed by atoms with Gasteiger partial charge in [0.2, 0.25) is 5.91 Å². The maximum atomic E-state index is 11.7. The summed E-state index contributed by atoms with van der Waals surface area (Å²) in [6.07, 6.45) is -0.291. The molecule has 0 unspecified atom stereocenters. The molecule has 0 aliphatic carbocycles. The van der Waals surface area contributed by atoms with E-state index in [1.54, 1.807) is 24.3 Å². The second-order valence-electron chi connectivity index (χ2n) is 3.95. The van der Waals surface area contributed by atoms with E-state index in [-0.39, 0.29) is 18.1 Å². The Morgan fingerprint density at radius 2 is 1.89 bits per heavy atom. The van der Waals surface area contributed by atoms with Crippen LogP contribution in [0.15, 0.2) is 24.3 Å². The Labute approximate surface area is 113 Å². The quantitative estimate of drug-likeness (QED) is 0.700. The van der Waals surface area contributed by atoms with E-state index in [0.29, 0.717) is 25.3 Å². The van der Waals surface area contributed by atoms with Crippen LogP contribution in [0.2, 0.25) is 0 Å². The maximum Gasteiger partial charge on any atom is 0.224 e. The standard InChI is InChI=1S/C14H21NO4/c1-3-18-14(19-4-2)10-15-13(17)9-11-7-5-6-8-12(11)16/h5-8,14,16H,3-4,9-10H2,1-2H3,(H,15,17). The van der Waals surface area contributed by atoms with E-state index in [9.17, 15) is 9.90 Å². The molecule has 1 aromatic rings. The number of ether oxygens (including phenoxy) is 2. The minimum absolute atomic E-state index is 0.129. The Morgan fingerprint density at radius 1 is 1.26 bits per heavy atom. The Morgan fingerprint density at radius 3 is 2.47 bits per heavy atom. The molecule has 0 radical (unpaired) electrons. The third-order valence-corrected chi connectivity index (χ3v) is 2.51. The van der Waals surface area contributed by atoms with Crippen molar-refractivity contribution in [3.05, 3.63) is 29.8 Å². The minimum Gasteiger partial charge on any atom is -0.508 e. The van der Waals surface area contributed by atoms with Gasteiger partial charge < -0.3 is 19.9 Å². The molecule has 0 atom stereocenters. The summed E-state index contributed by atoms with van der Waals surface area (Å²) >= 11 is 0. The van der Waals surface area contributed by atoms with Gasteiger partial charge in [0.05, 0.1) is 13.0 Å². The molecule has 2 N–H and O–H groups in total. The van der Waals surface area contributed by atoms with Crippen LogP contribution in [0.4, 0.5) is 0 Å². The molecule has 0 saturated heterocycles. The first-order valence-electron chi connectivity index (χ1n) is 6.44. The average Bonchev–Trinajstić information content (AvgIpc) is 2.39. The number of nitrogens with one attached hydrogen (secondary N) is 1. The molecule has 0 bridgehead atoms. The molecule has 0 aliphatic heterocycles. The van der Waals surface area contributed by atoms with E-state index in [1.165, 1.54) is 0 Å². The van der Waals surface area contributed by atoms with E-state index in [1.807, 2.05) is 13.8 Å². The van der Waals surface area contributed by atoms with Gasteiger partial charge in [0.25, 0.3) is 0 Å². The van der Waals surface area contributed by atoms with Gasteiger partial charge in [-0.15, -0.1) is 0 Å². The molecule has 0 fully saturated rings. The monoisotopic (exact) mass is 267 g/mol. The minimum atomic E-state index is -0.427. The lowest BCUT2D eigenvalue weighted by molar-refractivity contribution is -0.140. The zero-order valence-electron chi connectivity index (χ0n) is 11.4. The molecule has 1 amide bonds. The van der Waals surface area contributed by atoms with Gasteiger partial charge in [-0.1, -0.05) is 18.2 Å². The molecule has 0 spiro atoms. The summed E-state index contributed by atoms with van der Waals surface area (Å²) in [6.45, 7) is 5.10. The predicted octanol–water partition coefficient (Wildman–Crippen LogP) is 1.45. The highest BCUT2D eigenvalue weighted by molar-refractivity contribution is 5.79.